The molecule has 29 heavy (non-hydrogen) atoms. The molecule has 150 valence electrons. The first kappa shape index (κ1) is 20.7. The molecule has 5 nitrogen and oxygen atoms in total. The Morgan fingerprint density at radius 1 is 1.03 bits per heavy atom. The molecule has 0 fully saturated rings. The number of thiazole rings is 1. The van der Waals surface area contributed by atoms with Crippen LogP contribution in [0, 0.1) is 5.92 Å². The molecule has 1 amide bonds. The minimum atomic E-state index is -0.398. The van der Waals surface area contributed by atoms with Gasteiger partial charge in [-0.2, -0.15) is 0 Å². The Kier molecular flexibility index (Phi) is 6.77. The van der Waals surface area contributed by atoms with Gasteiger partial charge in [-0.15, -0.1) is 11.3 Å². The number of esters is 1. The summed E-state index contributed by atoms with van der Waals surface area (Å²) in [4.78, 5) is 32.3. The first-order valence-corrected chi connectivity index (χ1v) is 10.4. The molecule has 0 N–H and O–H groups in total. The van der Waals surface area contributed by atoms with Gasteiger partial charge in [-0.25, -0.2) is 4.98 Å². The lowest BCUT2D eigenvalue weighted by molar-refractivity contribution is -0.145. The Bertz CT molecular complexity index is 970. The maximum absolute atomic E-state index is 13.4. The fraction of sp³-hybridized carbons (Fsp3) is 0.261. The van der Waals surface area contributed by atoms with Crippen molar-refractivity contribution in [3.05, 3.63) is 65.5 Å². The Morgan fingerprint density at radius 3 is 2.17 bits per heavy atom. The van der Waals surface area contributed by atoms with E-state index in [1.165, 1.54) is 18.4 Å². The molecule has 1 aromatic heterocycles. The van der Waals surface area contributed by atoms with Crippen molar-refractivity contribution < 1.29 is 14.3 Å². The highest BCUT2D eigenvalue weighted by molar-refractivity contribution is 7.17. The number of carbonyl (C=O) groups excluding carboxylic acids is 2. The fourth-order valence-corrected chi connectivity index (χ4v) is 4.13. The minimum Gasteiger partial charge on any atom is -0.469 e. The second-order valence-corrected chi connectivity index (χ2v) is 7.70. The molecule has 0 spiro atoms. The predicted octanol–water partition coefficient (Wildman–Crippen LogP) is 4.75. The molecular formula is C23H24N2O3S. The van der Waals surface area contributed by atoms with Gasteiger partial charge in [-0.3, -0.25) is 9.59 Å². The Balaban J connectivity index is 2.01. The van der Waals surface area contributed by atoms with Crippen LogP contribution in [0.15, 0.2) is 60.7 Å². The highest BCUT2D eigenvalue weighted by atomic mass is 32.1. The summed E-state index contributed by atoms with van der Waals surface area (Å²) in [5.41, 5.74) is 2.54. The molecule has 0 aliphatic rings. The van der Waals surface area contributed by atoms with Crippen LogP contribution in [0.3, 0.4) is 0 Å². The average Bonchev–Trinajstić information content (AvgIpc) is 3.23. The number of nitrogens with zero attached hydrogens (tertiary/aromatic N) is 2. The number of hydrogen-bond acceptors (Lipinski definition) is 5. The summed E-state index contributed by atoms with van der Waals surface area (Å²) in [6.45, 7) is 4.47. The lowest BCUT2D eigenvalue weighted by Gasteiger charge is -2.23. The van der Waals surface area contributed by atoms with Crippen LogP contribution in [0.2, 0.25) is 0 Å². The van der Waals surface area contributed by atoms with Gasteiger partial charge < -0.3 is 9.64 Å². The SMILES string of the molecule is CCN(CC(C)C(=O)OC)C(=O)c1sc(-c2ccccc2)nc1-c1ccccc1. The van der Waals surface area contributed by atoms with Crippen molar-refractivity contribution in [2.24, 2.45) is 5.92 Å². The molecule has 3 aromatic rings. The van der Waals surface area contributed by atoms with E-state index in [0.29, 0.717) is 23.7 Å². The third kappa shape index (κ3) is 4.71. The van der Waals surface area contributed by atoms with Gasteiger partial charge >= 0.3 is 5.97 Å². The zero-order valence-electron chi connectivity index (χ0n) is 16.8. The summed E-state index contributed by atoms with van der Waals surface area (Å²) in [5.74, 6) is -0.846. The van der Waals surface area contributed by atoms with E-state index in [2.05, 4.69) is 0 Å². The topological polar surface area (TPSA) is 59.5 Å². The van der Waals surface area contributed by atoms with E-state index >= 15 is 0 Å². The summed E-state index contributed by atoms with van der Waals surface area (Å²) in [6.07, 6.45) is 0. The van der Waals surface area contributed by atoms with E-state index in [0.717, 1.165) is 16.1 Å². The van der Waals surface area contributed by atoms with E-state index in [1.807, 2.05) is 67.6 Å². The highest BCUT2D eigenvalue weighted by Crippen LogP contribution is 2.34. The van der Waals surface area contributed by atoms with E-state index in [-0.39, 0.29) is 11.9 Å². The van der Waals surface area contributed by atoms with Gasteiger partial charge in [0.25, 0.3) is 5.91 Å². The summed E-state index contributed by atoms with van der Waals surface area (Å²) >= 11 is 1.38. The number of rotatable bonds is 7. The van der Waals surface area contributed by atoms with E-state index in [9.17, 15) is 9.59 Å². The third-order valence-corrected chi connectivity index (χ3v) is 5.75. The third-order valence-electron chi connectivity index (χ3n) is 4.66. The molecule has 0 aliphatic heterocycles. The van der Waals surface area contributed by atoms with Crippen molar-refractivity contribution in [1.29, 1.82) is 0 Å². The molecule has 0 radical (unpaired) electrons. The molecule has 1 unspecified atom stereocenters. The second kappa shape index (κ2) is 9.47. The zero-order valence-corrected chi connectivity index (χ0v) is 17.6. The summed E-state index contributed by atoms with van der Waals surface area (Å²) in [5, 5.41) is 0.796. The highest BCUT2D eigenvalue weighted by Gasteiger charge is 2.26. The number of ether oxygens (including phenoxy) is 1. The van der Waals surface area contributed by atoms with Crippen LogP contribution in [-0.2, 0) is 9.53 Å². The van der Waals surface area contributed by atoms with Gasteiger partial charge in [0.1, 0.15) is 9.88 Å². The van der Waals surface area contributed by atoms with Crippen LogP contribution in [0.4, 0.5) is 0 Å². The zero-order chi connectivity index (χ0) is 20.8. The van der Waals surface area contributed by atoms with Crippen molar-refractivity contribution in [1.82, 2.24) is 9.88 Å². The second-order valence-electron chi connectivity index (χ2n) is 6.70. The van der Waals surface area contributed by atoms with Gasteiger partial charge in [0, 0.05) is 24.2 Å². The summed E-state index contributed by atoms with van der Waals surface area (Å²) in [7, 11) is 1.36. The molecule has 0 aliphatic carbocycles. The van der Waals surface area contributed by atoms with Gasteiger partial charge in [0.15, 0.2) is 0 Å². The molecule has 0 saturated carbocycles. The van der Waals surface area contributed by atoms with Crippen molar-refractivity contribution in [2.45, 2.75) is 13.8 Å². The molecule has 3 rings (SSSR count). The van der Waals surface area contributed by atoms with Crippen LogP contribution in [0.5, 0.6) is 0 Å². The van der Waals surface area contributed by atoms with E-state index in [1.54, 1.807) is 11.8 Å². The van der Waals surface area contributed by atoms with Crippen LogP contribution in [0.25, 0.3) is 21.8 Å². The van der Waals surface area contributed by atoms with Crippen molar-refractivity contribution >= 4 is 23.2 Å². The smallest absolute Gasteiger partial charge is 0.310 e. The fourth-order valence-electron chi connectivity index (χ4n) is 3.07. The van der Waals surface area contributed by atoms with Gasteiger partial charge in [0.05, 0.1) is 18.7 Å². The normalized spacial score (nSPS) is 11.7. The molecule has 1 atom stereocenters. The largest absolute Gasteiger partial charge is 0.469 e. The van der Waals surface area contributed by atoms with Crippen LogP contribution < -0.4 is 0 Å². The molecule has 0 saturated heterocycles. The molecule has 2 aromatic carbocycles. The van der Waals surface area contributed by atoms with Crippen LogP contribution >= 0.6 is 11.3 Å². The molecule has 1 heterocycles. The Hall–Kier alpha value is -2.99. The number of aromatic nitrogens is 1. The van der Waals surface area contributed by atoms with Crippen molar-refractivity contribution in [3.8, 4) is 21.8 Å². The first-order chi connectivity index (χ1) is 14.0. The quantitative estimate of drug-likeness (QED) is 0.530. The standard InChI is InChI=1S/C23H24N2O3S/c1-4-25(15-16(2)23(27)28-3)22(26)20-19(17-11-7-5-8-12-17)24-21(29-20)18-13-9-6-10-14-18/h5-14,16H,4,15H2,1-3H3. The lowest BCUT2D eigenvalue weighted by atomic mass is 10.1. The van der Waals surface area contributed by atoms with Crippen LogP contribution in [0.1, 0.15) is 23.5 Å². The Labute approximate surface area is 175 Å². The predicted molar refractivity (Wildman–Crippen MR) is 116 cm³/mol. The maximum Gasteiger partial charge on any atom is 0.310 e. The van der Waals surface area contributed by atoms with E-state index < -0.39 is 5.92 Å². The molecule has 6 heteroatoms. The average molecular weight is 409 g/mol. The lowest BCUT2D eigenvalue weighted by Crippen LogP contribution is -2.37. The summed E-state index contributed by atoms with van der Waals surface area (Å²) in [6, 6.07) is 19.5. The number of carbonyl (C=O) groups is 2. The Morgan fingerprint density at radius 2 is 1.62 bits per heavy atom. The number of benzene rings is 2. The monoisotopic (exact) mass is 408 g/mol. The first-order valence-electron chi connectivity index (χ1n) is 9.53. The maximum atomic E-state index is 13.4. The van der Waals surface area contributed by atoms with Gasteiger partial charge in [-0.1, -0.05) is 67.6 Å². The van der Waals surface area contributed by atoms with Gasteiger partial charge in [0.2, 0.25) is 0 Å². The number of amides is 1. The van der Waals surface area contributed by atoms with E-state index in [4.69, 9.17) is 9.72 Å². The summed E-state index contributed by atoms with van der Waals surface area (Å²) < 4.78 is 4.81. The number of hydrogen-bond donors (Lipinski definition) is 0. The minimum absolute atomic E-state index is 0.123. The van der Waals surface area contributed by atoms with Gasteiger partial charge in [-0.05, 0) is 6.92 Å². The van der Waals surface area contributed by atoms with Crippen molar-refractivity contribution in [3.63, 3.8) is 0 Å². The molecular weight excluding hydrogens is 384 g/mol. The number of methoxy groups -OCH3 is 1. The van der Waals surface area contributed by atoms with Crippen molar-refractivity contribution in [2.75, 3.05) is 20.2 Å². The van der Waals surface area contributed by atoms with Crippen LogP contribution in [-0.4, -0.2) is 42.0 Å². The molecule has 0 bridgehead atoms.